The SMILES string of the molecule is CC1CN(c2cccc([N+](=O)[O-])c2)CC1C(=O)O. The predicted octanol–water partition coefficient (Wildman–Crippen LogP) is 1.75. The smallest absolute Gasteiger partial charge is 0.308 e. The Morgan fingerprint density at radius 3 is 2.78 bits per heavy atom. The van der Waals surface area contributed by atoms with Gasteiger partial charge >= 0.3 is 5.97 Å². The molecule has 1 aliphatic heterocycles. The molecule has 1 aromatic rings. The number of carboxylic acid groups (broad SMARTS) is 1. The largest absolute Gasteiger partial charge is 0.481 e. The van der Waals surface area contributed by atoms with E-state index in [-0.39, 0.29) is 11.6 Å². The quantitative estimate of drug-likeness (QED) is 0.652. The number of nitrogens with zero attached hydrogens (tertiary/aromatic N) is 2. The van der Waals surface area contributed by atoms with Gasteiger partial charge in [0.2, 0.25) is 0 Å². The van der Waals surface area contributed by atoms with Gasteiger partial charge in [-0.25, -0.2) is 0 Å². The van der Waals surface area contributed by atoms with Crippen molar-refractivity contribution >= 4 is 17.3 Å². The molecule has 2 unspecified atom stereocenters. The van der Waals surface area contributed by atoms with Gasteiger partial charge in [-0.15, -0.1) is 0 Å². The first-order chi connectivity index (χ1) is 8.49. The highest BCUT2D eigenvalue weighted by Gasteiger charge is 2.35. The fourth-order valence-corrected chi connectivity index (χ4v) is 2.30. The van der Waals surface area contributed by atoms with Crippen LogP contribution in [-0.2, 0) is 4.79 Å². The molecule has 0 aromatic heterocycles. The van der Waals surface area contributed by atoms with E-state index in [1.54, 1.807) is 12.1 Å². The van der Waals surface area contributed by atoms with Gasteiger partial charge in [0.25, 0.3) is 5.69 Å². The molecular weight excluding hydrogens is 236 g/mol. The summed E-state index contributed by atoms with van der Waals surface area (Å²) in [5.41, 5.74) is 0.735. The maximum absolute atomic E-state index is 11.0. The molecule has 1 fully saturated rings. The highest BCUT2D eigenvalue weighted by Crippen LogP contribution is 2.30. The number of nitro groups is 1. The van der Waals surface area contributed by atoms with E-state index in [1.165, 1.54) is 12.1 Å². The minimum absolute atomic E-state index is 0.0268. The third-order valence-electron chi connectivity index (χ3n) is 3.34. The zero-order chi connectivity index (χ0) is 13.3. The number of aliphatic carboxylic acids is 1. The molecule has 1 aliphatic rings. The zero-order valence-electron chi connectivity index (χ0n) is 9.94. The summed E-state index contributed by atoms with van der Waals surface area (Å²) in [5.74, 6) is -1.18. The van der Waals surface area contributed by atoms with E-state index in [4.69, 9.17) is 5.11 Å². The van der Waals surface area contributed by atoms with Crippen molar-refractivity contribution in [2.75, 3.05) is 18.0 Å². The van der Waals surface area contributed by atoms with Crippen LogP contribution >= 0.6 is 0 Å². The van der Waals surface area contributed by atoms with Gasteiger partial charge in [-0.05, 0) is 12.0 Å². The number of anilines is 1. The first-order valence-corrected chi connectivity index (χ1v) is 5.71. The van der Waals surface area contributed by atoms with Crippen LogP contribution in [0.15, 0.2) is 24.3 Å². The van der Waals surface area contributed by atoms with Crippen LogP contribution in [0.5, 0.6) is 0 Å². The summed E-state index contributed by atoms with van der Waals surface area (Å²) < 4.78 is 0. The number of carboxylic acids is 1. The monoisotopic (exact) mass is 250 g/mol. The maximum Gasteiger partial charge on any atom is 0.308 e. The molecule has 1 aromatic carbocycles. The number of carbonyl (C=O) groups is 1. The fourth-order valence-electron chi connectivity index (χ4n) is 2.30. The number of non-ortho nitro benzene ring substituents is 1. The Hall–Kier alpha value is -2.11. The lowest BCUT2D eigenvalue weighted by Crippen LogP contribution is -2.23. The van der Waals surface area contributed by atoms with Crippen molar-refractivity contribution in [3.05, 3.63) is 34.4 Å². The molecule has 6 heteroatoms. The lowest BCUT2D eigenvalue weighted by molar-refractivity contribution is -0.384. The van der Waals surface area contributed by atoms with Crippen LogP contribution in [-0.4, -0.2) is 29.1 Å². The summed E-state index contributed by atoms with van der Waals surface area (Å²) in [6.45, 7) is 2.89. The normalized spacial score (nSPS) is 23.1. The van der Waals surface area contributed by atoms with E-state index in [1.807, 2.05) is 11.8 Å². The van der Waals surface area contributed by atoms with E-state index in [2.05, 4.69) is 0 Å². The molecule has 6 nitrogen and oxygen atoms in total. The van der Waals surface area contributed by atoms with Crippen molar-refractivity contribution in [2.45, 2.75) is 6.92 Å². The van der Waals surface area contributed by atoms with E-state index in [9.17, 15) is 14.9 Å². The van der Waals surface area contributed by atoms with Crippen LogP contribution in [0.3, 0.4) is 0 Å². The van der Waals surface area contributed by atoms with E-state index >= 15 is 0 Å². The molecule has 0 saturated carbocycles. The molecular formula is C12H14N2O4. The number of hydrogen-bond acceptors (Lipinski definition) is 4. The van der Waals surface area contributed by atoms with Crippen molar-refractivity contribution < 1.29 is 14.8 Å². The van der Waals surface area contributed by atoms with Crippen molar-refractivity contribution in [1.29, 1.82) is 0 Å². The van der Waals surface area contributed by atoms with Crippen LogP contribution < -0.4 is 4.90 Å². The Morgan fingerprint density at radius 1 is 1.50 bits per heavy atom. The Balaban J connectivity index is 2.21. The highest BCUT2D eigenvalue weighted by molar-refractivity contribution is 5.72. The topological polar surface area (TPSA) is 83.7 Å². The number of hydrogen-bond donors (Lipinski definition) is 1. The molecule has 0 aliphatic carbocycles. The molecule has 0 bridgehead atoms. The minimum Gasteiger partial charge on any atom is -0.481 e. The first-order valence-electron chi connectivity index (χ1n) is 5.71. The predicted molar refractivity (Wildman–Crippen MR) is 65.6 cm³/mol. The summed E-state index contributed by atoms with van der Waals surface area (Å²) in [5, 5.41) is 19.8. The molecule has 1 N–H and O–H groups in total. The van der Waals surface area contributed by atoms with Gasteiger partial charge in [0.1, 0.15) is 0 Å². The van der Waals surface area contributed by atoms with Crippen LogP contribution in [0.4, 0.5) is 11.4 Å². The molecule has 1 saturated heterocycles. The molecule has 96 valence electrons. The van der Waals surface area contributed by atoms with Gasteiger partial charge in [0, 0.05) is 30.9 Å². The lowest BCUT2D eigenvalue weighted by atomic mass is 9.99. The van der Waals surface area contributed by atoms with Gasteiger partial charge in [-0.3, -0.25) is 14.9 Å². The highest BCUT2D eigenvalue weighted by atomic mass is 16.6. The minimum atomic E-state index is -0.810. The summed E-state index contributed by atoms with van der Waals surface area (Å²) in [6.07, 6.45) is 0. The van der Waals surface area contributed by atoms with Gasteiger partial charge in [-0.2, -0.15) is 0 Å². The first kappa shape index (κ1) is 12.3. The van der Waals surface area contributed by atoms with Gasteiger partial charge in [0.15, 0.2) is 0 Å². The van der Waals surface area contributed by atoms with E-state index in [0.717, 1.165) is 0 Å². The van der Waals surface area contributed by atoms with Gasteiger partial charge in [0.05, 0.1) is 10.8 Å². The molecule has 2 rings (SSSR count). The van der Waals surface area contributed by atoms with Crippen LogP contribution in [0.2, 0.25) is 0 Å². The van der Waals surface area contributed by atoms with Crippen LogP contribution in [0.1, 0.15) is 6.92 Å². The molecule has 1 heterocycles. The van der Waals surface area contributed by atoms with Gasteiger partial charge in [-0.1, -0.05) is 13.0 Å². The third-order valence-corrected chi connectivity index (χ3v) is 3.34. The Bertz CT molecular complexity index is 489. The second kappa shape index (κ2) is 4.64. The number of nitro benzene ring substituents is 1. The zero-order valence-corrected chi connectivity index (χ0v) is 9.94. The number of benzene rings is 1. The van der Waals surface area contributed by atoms with E-state index < -0.39 is 16.8 Å². The average Bonchev–Trinajstić information content (AvgIpc) is 2.71. The summed E-state index contributed by atoms with van der Waals surface area (Å²) in [4.78, 5) is 23.2. The van der Waals surface area contributed by atoms with Crippen molar-refractivity contribution in [3.63, 3.8) is 0 Å². The molecule has 0 amide bonds. The van der Waals surface area contributed by atoms with Crippen molar-refractivity contribution in [2.24, 2.45) is 11.8 Å². The van der Waals surface area contributed by atoms with Crippen molar-refractivity contribution in [1.82, 2.24) is 0 Å². The van der Waals surface area contributed by atoms with Gasteiger partial charge < -0.3 is 10.0 Å². The van der Waals surface area contributed by atoms with Crippen LogP contribution in [0.25, 0.3) is 0 Å². The second-order valence-corrected chi connectivity index (χ2v) is 4.60. The summed E-state index contributed by atoms with van der Waals surface area (Å²) >= 11 is 0. The van der Waals surface area contributed by atoms with Crippen LogP contribution in [0, 0.1) is 22.0 Å². The Kier molecular flexibility index (Phi) is 3.18. The molecule has 18 heavy (non-hydrogen) atoms. The average molecular weight is 250 g/mol. The number of rotatable bonds is 3. The summed E-state index contributed by atoms with van der Waals surface area (Å²) in [6, 6.07) is 6.30. The van der Waals surface area contributed by atoms with Crippen molar-refractivity contribution in [3.8, 4) is 0 Å². The lowest BCUT2D eigenvalue weighted by Gasteiger charge is -2.17. The summed E-state index contributed by atoms with van der Waals surface area (Å²) in [7, 11) is 0. The fraction of sp³-hybridized carbons (Fsp3) is 0.417. The van der Waals surface area contributed by atoms with E-state index in [0.29, 0.717) is 18.8 Å². The molecule has 2 atom stereocenters. The maximum atomic E-state index is 11.0. The standard InChI is InChI=1S/C12H14N2O4/c1-8-6-13(7-11(8)12(15)16)9-3-2-4-10(5-9)14(17)18/h2-5,8,11H,6-7H2,1H3,(H,15,16). The molecule has 0 radical (unpaired) electrons. The molecule has 0 spiro atoms. The third kappa shape index (κ3) is 2.27. The Labute approximate surface area is 104 Å². The second-order valence-electron chi connectivity index (χ2n) is 4.60. The Morgan fingerprint density at radius 2 is 2.22 bits per heavy atom.